The summed E-state index contributed by atoms with van der Waals surface area (Å²) in [5.41, 5.74) is 0.856. The Morgan fingerprint density at radius 1 is 1.33 bits per heavy atom. The molecule has 1 aliphatic carbocycles. The summed E-state index contributed by atoms with van der Waals surface area (Å²) in [7, 11) is 0. The predicted molar refractivity (Wildman–Crippen MR) is 82.4 cm³/mol. The summed E-state index contributed by atoms with van der Waals surface area (Å²) in [5, 5.41) is 3.98. The summed E-state index contributed by atoms with van der Waals surface area (Å²) < 4.78 is 5.08. The lowest BCUT2D eigenvalue weighted by Gasteiger charge is -2.28. The summed E-state index contributed by atoms with van der Waals surface area (Å²) in [6.45, 7) is 4.31. The number of aromatic nitrogens is 2. The van der Waals surface area contributed by atoms with Crippen LogP contribution < -0.4 is 5.32 Å². The Bertz CT molecular complexity index is 488. The largest absolute Gasteiger partial charge is 0.466 e. The lowest BCUT2D eigenvalue weighted by molar-refractivity contribution is -0.149. The van der Waals surface area contributed by atoms with Gasteiger partial charge in [-0.1, -0.05) is 18.5 Å². The number of hydrogen-bond acceptors (Lipinski definition) is 5. The van der Waals surface area contributed by atoms with E-state index in [1.807, 2.05) is 13.8 Å². The molecular formula is C15H22ClN3O2. The van der Waals surface area contributed by atoms with Crippen LogP contribution >= 0.6 is 11.6 Å². The molecule has 0 unspecified atom stereocenters. The van der Waals surface area contributed by atoms with Crippen molar-refractivity contribution >= 4 is 23.4 Å². The first-order valence-electron chi connectivity index (χ1n) is 7.58. The molecule has 0 saturated heterocycles. The summed E-state index contributed by atoms with van der Waals surface area (Å²) in [4.78, 5) is 20.1. The van der Waals surface area contributed by atoms with Crippen molar-refractivity contribution in [3.05, 3.63) is 17.0 Å². The lowest BCUT2D eigenvalue weighted by atomic mass is 9.86. The van der Waals surface area contributed by atoms with Crippen LogP contribution in [0.3, 0.4) is 0 Å². The van der Waals surface area contributed by atoms with Crippen LogP contribution in [-0.4, -0.2) is 28.6 Å². The first kappa shape index (κ1) is 16.0. The fourth-order valence-corrected chi connectivity index (χ4v) is 2.97. The van der Waals surface area contributed by atoms with Crippen molar-refractivity contribution < 1.29 is 9.53 Å². The average Bonchev–Trinajstić information content (AvgIpc) is 2.50. The zero-order valence-electron chi connectivity index (χ0n) is 12.6. The molecule has 116 valence electrons. The molecule has 1 saturated carbocycles. The molecule has 0 spiro atoms. The quantitative estimate of drug-likeness (QED) is 0.846. The number of rotatable bonds is 5. The first-order valence-corrected chi connectivity index (χ1v) is 7.96. The van der Waals surface area contributed by atoms with Crippen LogP contribution in [0.4, 0.5) is 5.82 Å². The summed E-state index contributed by atoms with van der Waals surface area (Å²) in [5.74, 6) is 0.669. The van der Waals surface area contributed by atoms with E-state index in [1.165, 1.54) is 6.33 Å². The standard InChI is InChI=1S/C15H22ClN3O2/c1-3-12-13(16)14(18-9-17-12)19-11-7-5-10(6-8-11)15(20)21-4-2/h9-11H,3-8H2,1-2H3,(H,17,18,19)/t10-,11+. The van der Waals surface area contributed by atoms with Crippen LogP contribution in [0.2, 0.25) is 5.02 Å². The van der Waals surface area contributed by atoms with Crippen molar-refractivity contribution in [1.29, 1.82) is 0 Å². The van der Waals surface area contributed by atoms with E-state index in [2.05, 4.69) is 15.3 Å². The molecule has 0 aliphatic heterocycles. The van der Waals surface area contributed by atoms with Gasteiger partial charge in [0.2, 0.25) is 0 Å². The number of nitrogens with zero attached hydrogens (tertiary/aromatic N) is 2. The van der Waals surface area contributed by atoms with Gasteiger partial charge in [-0.05, 0) is 39.0 Å². The molecule has 0 amide bonds. The van der Waals surface area contributed by atoms with E-state index in [4.69, 9.17) is 16.3 Å². The molecule has 0 atom stereocenters. The number of ether oxygens (including phenoxy) is 1. The Morgan fingerprint density at radius 3 is 2.67 bits per heavy atom. The molecule has 1 heterocycles. The molecule has 5 nitrogen and oxygen atoms in total. The van der Waals surface area contributed by atoms with Crippen molar-refractivity contribution in [3.63, 3.8) is 0 Å². The molecule has 1 aromatic heterocycles. The number of esters is 1. The maximum absolute atomic E-state index is 11.7. The highest BCUT2D eigenvalue weighted by molar-refractivity contribution is 6.33. The Labute approximate surface area is 130 Å². The molecule has 21 heavy (non-hydrogen) atoms. The van der Waals surface area contributed by atoms with Crippen molar-refractivity contribution in [2.24, 2.45) is 5.92 Å². The monoisotopic (exact) mass is 311 g/mol. The van der Waals surface area contributed by atoms with Gasteiger partial charge in [-0.25, -0.2) is 9.97 Å². The summed E-state index contributed by atoms with van der Waals surface area (Å²) in [6.07, 6.45) is 5.86. The highest BCUT2D eigenvalue weighted by Crippen LogP contribution is 2.29. The second-order valence-corrected chi connectivity index (χ2v) is 5.66. The number of hydrogen-bond donors (Lipinski definition) is 1. The molecular weight excluding hydrogens is 290 g/mol. The SMILES string of the molecule is CCOC(=O)[C@H]1CC[C@@H](Nc2ncnc(CC)c2Cl)CC1. The fourth-order valence-electron chi connectivity index (χ4n) is 2.68. The van der Waals surface area contributed by atoms with Crippen LogP contribution in [0.15, 0.2) is 6.33 Å². The maximum Gasteiger partial charge on any atom is 0.308 e. The summed E-state index contributed by atoms with van der Waals surface area (Å²) in [6, 6.07) is 0.299. The van der Waals surface area contributed by atoms with E-state index in [9.17, 15) is 4.79 Å². The molecule has 1 aliphatic rings. The average molecular weight is 312 g/mol. The van der Waals surface area contributed by atoms with Crippen LogP contribution in [0.5, 0.6) is 0 Å². The molecule has 1 aromatic rings. The molecule has 6 heteroatoms. The third-order valence-electron chi connectivity index (χ3n) is 3.88. The summed E-state index contributed by atoms with van der Waals surface area (Å²) >= 11 is 6.29. The van der Waals surface area contributed by atoms with Crippen LogP contribution in [-0.2, 0) is 16.0 Å². The molecule has 0 aromatic carbocycles. The number of anilines is 1. The predicted octanol–water partition coefficient (Wildman–Crippen LogP) is 3.23. The minimum absolute atomic E-state index is 0.0371. The van der Waals surface area contributed by atoms with Crippen LogP contribution in [0.1, 0.15) is 45.2 Å². The minimum atomic E-state index is -0.0655. The number of nitrogens with one attached hydrogen (secondary N) is 1. The van der Waals surface area contributed by atoms with E-state index in [0.29, 0.717) is 23.5 Å². The zero-order chi connectivity index (χ0) is 15.2. The van der Waals surface area contributed by atoms with Gasteiger partial charge < -0.3 is 10.1 Å². The topological polar surface area (TPSA) is 64.1 Å². The normalized spacial score (nSPS) is 21.9. The maximum atomic E-state index is 11.7. The van der Waals surface area contributed by atoms with Gasteiger partial charge in [-0.3, -0.25) is 4.79 Å². The first-order chi connectivity index (χ1) is 10.2. The Hall–Kier alpha value is -1.36. The van der Waals surface area contributed by atoms with E-state index in [-0.39, 0.29) is 11.9 Å². The smallest absolute Gasteiger partial charge is 0.308 e. The van der Waals surface area contributed by atoms with E-state index in [1.54, 1.807) is 0 Å². The fraction of sp³-hybridized carbons (Fsp3) is 0.667. The molecule has 1 fully saturated rings. The Balaban J connectivity index is 1.90. The highest BCUT2D eigenvalue weighted by Gasteiger charge is 2.27. The number of carbonyl (C=O) groups is 1. The van der Waals surface area contributed by atoms with Gasteiger partial charge in [-0.15, -0.1) is 0 Å². The van der Waals surface area contributed by atoms with E-state index < -0.39 is 0 Å². The van der Waals surface area contributed by atoms with E-state index >= 15 is 0 Å². The van der Waals surface area contributed by atoms with Crippen LogP contribution in [0.25, 0.3) is 0 Å². The second-order valence-electron chi connectivity index (χ2n) is 5.28. The van der Waals surface area contributed by atoms with E-state index in [0.717, 1.165) is 37.8 Å². The molecule has 1 N–H and O–H groups in total. The molecule has 0 radical (unpaired) electrons. The van der Waals surface area contributed by atoms with Crippen LogP contribution in [0, 0.1) is 5.92 Å². The van der Waals surface area contributed by atoms with Gasteiger partial charge in [0.1, 0.15) is 17.2 Å². The third-order valence-corrected chi connectivity index (χ3v) is 4.28. The van der Waals surface area contributed by atoms with Gasteiger partial charge >= 0.3 is 5.97 Å². The number of aryl methyl sites for hydroxylation is 1. The van der Waals surface area contributed by atoms with Crippen molar-refractivity contribution in [2.75, 3.05) is 11.9 Å². The highest BCUT2D eigenvalue weighted by atomic mass is 35.5. The molecule has 2 rings (SSSR count). The van der Waals surface area contributed by atoms with Crippen molar-refractivity contribution in [2.45, 2.75) is 52.0 Å². The lowest BCUT2D eigenvalue weighted by Crippen LogP contribution is -2.30. The van der Waals surface area contributed by atoms with Gasteiger partial charge in [0.15, 0.2) is 0 Å². The second kappa shape index (κ2) is 7.59. The van der Waals surface area contributed by atoms with Gasteiger partial charge in [-0.2, -0.15) is 0 Å². The number of carbonyl (C=O) groups excluding carboxylic acids is 1. The van der Waals surface area contributed by atoms with Gasteiger partial charge in [0.25, 0.3) is 0 Å². The molecule has 0 bridgehead atoms. The van der Waals surface area contributed by atoms with Gasteiger partial charge in [0.05, 0.1) is 18.2 Å². The third kappa shape index (κ3) is 4.06. The Morgan fingerprint density at radius 2 is 2.05 bits per heavy atom. The zero-order valence-corrected chi connectivity index (χ0v) is 13.3. The number of halogens is 1. The van der Waals surface area contributed by atoms with Gasteiger partial charge in [0, 0.05) is 6.04 Å². The minimum Gasteiger partial charge on any atom is -0.466 e. The van der Waals surface area contributed by atoms with Crippen molar-refractivity contribution in [3.8, 4) is 0 Å². The van der Waals surface area contributed by atoms with Crippen molar-refractivity contribution in [1.82, 2.24) is 9.97 Å². The Kier molecular flexibility index (Phi) is 5.79.